The maximum atomic E-state index is 12.7. The van der Waals surface area contributed by atoms with Gasteiger partial charge in [-0.1, -0.05) is 36.4 Å². The number of ether oxygens (including phenoxy) is 2. The Bertz CT molecular complexity index is 1080. The van der Waals surface area contributed by atoms with Crippen LogP contribution in [0.25, 0.3) is 16.8 Å². The van der Waals surface area contributed by atoms with Crippen LogP contribution >= 0.6 is 0 Å². The smallest absolute Gasteiger partial charge is 0.266 e. The molecule has 0 radical (unpaired) electrons. The highest BCUT2D eigenvalue weighted by Crippen LogP contribution is 2.37. The van der Waals surface area contributed by atoms with E-state index in [0.717, 1.165) is 10.8 Å². The van der Waals surface area contributed by atoms with Crippen LogP contribution in [0, 0.1) is 11.3 Å². The SMILES string of the molecule is COc1cc(/C=C(\C#N)C(=O)Nc2cccc3ccccc23)cc(OC)c1O. The summed E-state index contributed by atoms with van der Waals surface area (Å²) >= 11 is 0. The van der Waals surface area contributed by atoms with E-state index >= 15 is 0 Å². The number of aromatic hydroxyl groups is 1. The molecule has 0 saturated heterocycles. The fourth-order valence-corrected chi connectivity index (χ4v) is 2.84. The number of amides is 1. The number of anilines is 1. The first-order valence-corrected chi connectivity index (χ1v) is 8.43. The quantitative estimate of drug-likeness (QED) is 0.518. The number of nitrogens with zero attached hydrogens (tertiary/aromatic N) is 1. The molecule has 0 aliphatic carbocycles. The van der Waals surface area contributed by atoms with Gasteiger partial charge >= 0.3 is 0 Å². The van der Waals surface area contributed by atoms with Crippen LogP contribution in [0.1, 0.15) is 5.56 Å². The van der Waals surface area contributed by atoms with E-state index in [0.29, 0.717) is 11.3 Å². The summed E-state index contributed by atoms with van der Waals surface area (Å²) in [4.78, 5) is 12.7. The van der Waals surface area contributed by atoms with Gasteiger partial charge in [0.05, 0.1) is 14.2 Å². The molecule has 0 aliphatic heterocycles. The molecule has 1 amide bonds. The molecule has 0 atom stereocenters. The minimum absolute atomic E-state index is 0.0947. The molecule has 0 aliphatic rings. The number of fused-ring (bicyclic) bond motifs is 1. The number of carbonyl (C=O) groups excluding carboxylic acids is 1. The van der Waals surface area contributed by atoms with Crippen molar-refractivity contribution < 1.29 is 19.4 Å². The first-order valence-electron chi connectivity index (χ1n) is 8.43. The van der Waals surface area contributed by atoms with Crippen molar-refractivity contribution in [3.05, 3.63) is 65.7 Å². The average Bonchev–Trinajstić information content (AvgIpc) is 2.73. The zero-order valence-corrected chi connectivity index (χ0v) is 15.4. The summed E-state index contributed by atoms with van der Waals surface area (Å²) in [7, 11) is 2.81. The third kappa shape index (κ3) is 3.74. The molecule has 3 rings (SSSR count). The monoisotopic (exact) mass is 374 g/mol. The Morgan fingerprint density at radius 1 is 1.07 bits per heavy atom. The molecular formula is C22H18N2O4. The fourth-order valence-electron chi connectivity index (χ4n) is 2.84. The second-order valence-electron chi connectivity index (χ2n) is 5.92. The zero-order chi connectivity index (χ0) is 20.1. The van der Waals surface area contributed by atoms with Crippen LogP contribution in [0.2, 0.25) is 0 Å². The fraction of sp³-hybridized carbons (Fsp3) is 0.0909. The average molecular weight is 374 g/mol. The van der Waals surface area contributed by atoms with Gasteiger partial charge in [0.1, 0.15) is 11.6 Å². The van der Waals surface area contributed by atoms with Gasteiger partial charge in [0.2, 0.25) is 5.75 Å². The van der Waals surface area contributed by atoms with Gasteiger partial charge in [-0.3, -0.25) is 4.79 Å². The number of nitriles is 1. The van der Waals surface area contributed by atoms with Crippen LogP contribution in [0.3, 0.4) is 0 Å². The molecule has 0 unspecified atom stereocenters. The summed E-state index contributed by atoms with van der Waals surface area (Å²) in [6.07, 6.45) is 1.41. The molecule has 2 N–H and O–H groups in total. The standard InChI is InChI=1S/C22H18N2O4/c1-27-19-11-14(12-20(28-2)21(19)25)10-16(13-23)22(26)24-18-9-5-7-15-6-3-4-8-17(15)18/h3-12,25H,1-2H3,(H,24,26)/b16-10+. The van der Waals surface area contributed by atoms with E-state index in [-0.39, 0.29) is 22.8 Å². The Morgan fingerprint density at radius 2 is 1.71 bits per heavy atom. The van der Waals surface area contributed by atoms with Gasteiger partial charge in [-0.15, -0.1) is 0 Å². The topological polar surface area (TPSA) is 91.6 Å². The Morgan fingerprint density at radius 3 is 2.36 bits per heavy atom. The van der Waals surface area contributed by atoms with Gasteiger partial charge in [-0.2, -0.15) is 5.26 Å². The van der Waals surface area contributed by atoms with Crippen LogP contribution in [0.4, 0.5) is 5.69 Å². The third-order valence-electron chi connectivity index (χ3n) is 4.22. The van der Waals surface area contributed by atoms with E-state index in [2.05, 4.69) is 5.32 Å². The van der Waals surface area contributed by atoms with Crippen molar-refractivity contribution in [3.63, 3.8) is 0 Å². The number of hydrogen-bond donors (Lipinski definition) is 2. The summed E-state index contributed by atoms with van der Waals surface area (Å²) in [6, 6.07) is 18.1. The van der Waals surface area contributed by atoms with E-state index in [1.165, 1.54) is 32.4 Å². The Hall–Kier alpha value is -3.98. The van der Waals surface area contributed by atoms with Crippen molar-refractivity contribution in [3.8, 4) is 23.3 Å². The normalized spacial score (nSPS) is 11.0. The molecule has 3 aromatic rings. The van der Waals surface area contributed by atoms with E-state index in [4.69, 9.17) is 9.47 Å². The lowest BCUT2D eigenvalue weighted by Crippen LogP contribution is -2.13. The first kappa shape index (κ1) is 18.8. The summed E-state index contributed by atoms with van der Waals surface area (Å²) < 4.78 is 10.2. The summed E-state index contributed by atoms with van der Waals surface area (Å²) in [5, 5.41) is 24.1. The molecule has 3 aromatic carbocycles. The number of hydrogen-bond acceptors (Lipinski definition) is 5. The van der Waals surface area contributed by atoms with Crippen molar-refractivity contribution in [1.29, 1.82) is 5.26 Å². The van der Waals surface area contributed by atoms with Crippen molar-refractivity contribution >= 4 is 28.4 Å². The Balaban J connectivity index is 1.95. The highest BCUT2D eigenvalue weighted by molar-refractivity contribution is 6.13. The molecule has 6 nitrogen and oxygen atoms in total. The highest BCUT2D eigenvalue weighted by Gasteiger charge is 2.14. The largest absolute Gasteiger partial charge is 0.502 e. The lowest BCUT2D eigenvalue weighted by atomic mass is 10.1. The molecule has 0 spiro atoms. The van der Waals surface area contributed by atoms with E-state index < -0.39 is 5.91 Å². The molecule has 0 fully saturated rings. The molecule has 0 bridgehead atoms. The van der Waals surface area contributed by atoms with Gasteiger partial charge in [0.15, 0.2) is 11.5 Å². The number of nitrogens with one attached hydrogen (secondary N) is 1. The minimum Gasteiger partial charge on any atom is -0.502 e. The lowest BCUT2D eigenvalue weighted by Gasteiger charge is -2.10. The van der Waals surface area contributed by atoms with E-state index in [1.807, 2.05) is 42.5 Å². The molecule has 140 valence electrons. The molecule has 0 saturated carbocycles. The van der Waals surface area contributed by atoms with Crippen LogP contribution in [-0.2, 0) is 4.79 Å². The Labute approximate surface area is 162 Å². The minimum atomic E-state index is -0.537. The molecule has 6 heteroatoms. The number of benzene rings is 3. The number of carbonyl (C=O) groups is 1. The predicted molar refractivity (Wildman–Crippen MR) is 107 cm³/mol. The molecule has 28 heavy (non-hydrogen) atoms. The van der Waals surface area contributed by atoms with Crippen molar-refractivity contribution in [2.45, 2.75) is 0 Å². The van der Waals surface area contributed by atoms with Crippen LogP contribution in [0.15, 0.2) is 60.2 Å². The molecular weight excluding hydrogens is 356 g/mol. The predicted octanol–water partition coefficient (Wildman–Crippen LogP) is 4.11. The van der Waals surface area contributed by atoms with Gasteiger partial charge in [0, 0.05) is 11.1 Å². The number of methoxy groups -OCH3 is 2. The van der Waals surface area contributed by atoms with Crippen LogP contribution in [-0.4, -0.2) is 25.2 Å². The number of phenols is 1. The van der Waals surface area contributed by atoms with Gasteiger partial charge in [-0.05, 0) is 35.2 Å². The molecule has 0 heterocycles. The highest BCUT2D eigenvalue weighted by atomic mass is 16.5. The first-order chi connectivity index (χ1) is 13.6. The van der Waals surface area contributed by atoms with Gasteiger partial charge in [-0.25, -0.2) is 0 Å². The van der Waals surface area contributed by atoms with Crippen molar-refractivity contribution in [1.82, 2.24) is 0 Å². The van der Waals surface area contributed by atoms with Crippen molar-refractivity contribution in [2.75, 3.05) is 19.5 Å². The van der Waals surface area contributed by atoms with Gasteiger partial charge in [0.25, 0.3) is 5.91 Å². The lowest BCUT2D eigenvalue weighted by molar-refractivity contribution is -0.112. The summed E-state index contributed by atoms with van der Waals surface area (Å²) in [5.74, 6) is -0.333. The maximum absolute atomic E-state index is 12.7. The zero-order valence-electron chi connectivity index (χ0n) is 15.4. The second kappa shape index (κ2) is 8.14. The van der Waals surface area contributed by atoms with Gasteiger partial charge < -0.3 is 19.9 Å². The second-order valence-corrected chi connectivity index (χ2v) is 5.92. The third-order valence-corrected chi connectivity index (χ3v) is 4.22. The summed E-state index contributed by atoms with van der Waals surface area (Å²) in [5.41, 5.74) is 1.00. The number of rotatable bonds is 5. The van der Waals surface area contributed by atoms with Crippen LogP contribution in [0.5, 0.6) is 17.2 Å². The Kier molecular flexibility index (Phi) is 5.47. The van der Waals surface area contributed by atoms with Crippen molar-refractivity contribution in [2.24, 2.45) is 0 Å². The maximum Gasteiger partial charge on any atom is 0.266 e. The van der Waals surface area contributed by atoms with E-state index in [1.54, 1.807) is 6.07 Å². The van der Waals surface area contributed by atoms with E-state index in [9.17, 15) is 15.2 Å². The van der Waals surface area contributed by atoms with Crippen LogP contribution < -0.4 is 14.8 Å². The summed E-state index contributed by atoms with van der Waals surface area (Å²) in [6.45, 7) is 0. The number of phenolic OH excluding ortho intramolecular Hbond substituents is 1. The molecule has 0 aromatic heterocycles.